The third-order valence-corrected chi connectivity index (χ3v) is 3.04. The van der Waals surface area contributed by atoms with E-state index < -0.39 is 0 Å². The van der Waals surface area contributed by atoms with Gasteiger partial charge in [-0.15, -0.1) is 0 Å². The summed E-state index contributed by atoms with van der Waals surface area (Å²) in [5, 5.41) is 0. The molecule has 2 aliphatic rings. The van der Waals surface area contributed by atoms with Gasteiger partial charge in [0.05, 0.1) is 0 Å². The van der Waals surface area contributed by atoms with Crippen molar-refractivity contribution >= 4 is 5.91 Å². The van der Waals surface area contributed by atoms with Crippen LogP contribution in [0.1, 0.15) is 19.3 Å². The van der Waals surface area contributed by atoms with Gasteiger partial charge in [-0.05, 0) is 25.2 Å². The van der Waals surface area contributed by atoms with E-state index in [1.165, 1.54) is 0 Å². The van der Waals surface area contributed by atoms with Gasteiger partial charge in [0, 0.05) is 19.5 Å². The number of fused-ring (bicyclic) bond motifs is 1. The molecule has 0 saturated carbocycles. The van der Waals surface area contributed by atoms with Crippen LogP contribution in [0.15, 0.2) is 12.2 Å². The summed E-state index contributed by atoms with van der Waals surface area (Å²) >= 11 is 0. The van der Waals surface area contributed by atoms with Gasteiger partial charge in [-0.25, -0.2) is 0 Å². The molecule has 0 aromatic heterocycles. The van der Waals surface area contributed by atoms with Crippen LogP contribution >= 0.6 is 0 Å². The maximum Gasteiger partial charge on any atom is 0.226 e. The van der Waals surface area contributed by atoms with E-state index in [0.717, 1.165) is 25.8 Å². The molecule has 2 rings (SSSR count). The number of carbonyl (C=O) groups excluding carboxylic acids is 1. The molecule has 1 aliphatic carbocycles. The zero-order valence-electron chi connectivity index (χ0n) is 7.49. The fourth-order valence-corrected chi connectivity index (χ4v) is 2.24. The lowest BCUT2D eigenvalue weighted by Gasteiger charge is -2.36. The van der Waals surface area contributed by atoms with Crippen molar-refractivity contribution in [3.05, 3.63) is 12.2 Å². The molecular weight excluding hydrogens is 150 g/mol. The molecule has 0 aromatic carbocycles. The van der Waals surface area contributed by atoms with Crippen LogP contribution in [0.2, 0.25) is 0 Å². The van der Waals surface area contributed by atoms with Crippen LogP contribution in [0.3, 0.4) is 0 Å². The molecule has 1 saturated heterocycles. The predicted octanol–water partition coefficient (Wildman–Crippen LogP) is 1.43. The molecule has 0 aromatic rings. The summed E-state index contributed by atoms with van der Waals surface area (Å²) in [5.74, 6) is 1.20. The first-order valence-electron chi connectivity index (χ1n) is 4.70. The molecule has 0 unspecified atom stereocenters. The summed E-state index contributed by atoms with van der Waals surface area (Å²) in [4.78, 5) is 13.5. The van der Waals surface area contributed by atoms with Crippen LogP contribution in [0.4, 0.5) is 0 Å². The Morgan fingerprint density at radius 2 is 2.33 bits per heavy atom. The Morgan fingerprint density at radius 3 is 3.17 bits per heavy atom. The van der Waals surface area contributed by atoms with E-state index in [9.17, 15) is 4.79 Å². The number of carbonyl (C=O) groups is 1. The summed E-state index contributed by atoms with van der Waals surface area (Å²) in [6.07, 6.45) is 7.76. The molecule has 1 heterocycles. The van der Waals surface area contributed by atoms with E-state index in [0.29, 0.717) is 17.7 Å². The van der Waals surface area contributed by atoms with E-state index in [2.05, 4.69) is 12.2 Å². The minimum atomic E-state index is 0.300. The molecule has 0 bridgehead atoms. The van der Waals surface area contributed by atoms with Crippen LogP contribution in [0, 0.1) is 11.8 Å². The van der Waals surface area contributed by atoms with Crippen LogP contribution in [0.25, 0.3) is 0 Å². The van der Waals surface area contributed by atoms with E-state index in [-0.39, 0.29) is 0 Å². The minimum absolute atomic E-state index is 0.300. The van der Waals surface area contributed by atoms with Gasteiger partial charge in [-0.1, -0.05) is 12.2 Å². The molecule has 1 fully saturated rings. The lowest BCUT2D eigenvalue weighted by Crippen LogP contribution is -2.43. The van der Waals surface area contributed by atoms with Gasteiger partial charge in [0.1, 0.15) is 0 Å². The van der Waals surface area contributed by atoms with Crippen molar-refractivity contribution < 1.29 is 4.79 Å². The minimum Gasteiger partial charge on any atom is -0.345 e. The van der Waals surface area contributed by atoms with Gasteiger partial charge < -0.3 is 4.90 Å². The summed E-state index contributed by atoms with van der Waals surface area (Å²) in [6, 6.07) is 0. The number of hydrogen-bond acceptors (Lipinski definition) is 1. The number of nitrogens with zero attached hydrogens (tertiary/aromatic N) is 1. The highest BCUT2D eigenvalue weighted by molar-refractivity contribution is 5.80. The fourth-order valence-electron chi connectivity index (χ4n) is 2.24. The van der Waals surface area contributed by atoms with Crippen LogP contribution in [0.5, 0.6) is 0 Å². The molecule has 12 heavy (non-hydrogen) atoms. The van der Waals surface area contributed by atoms with E-state index in [4.69, 9.17) is 0 Å². The van der Waals surface area contributed by atoms with Crippen molar-refractivity contribution in [2.45, 2.75) is 19.3 Å². The Bertz CT molecular complexity index is 222. The average Bonchev–Trinajstić information content (AvgIpc) is 2.12. The van der Waals surface area contributed by atoms with Crippen molar-refractivity contribution in [2.24, 2.45) is 11.8 Å². The summed E-state index contributed by atoms with van der Waals surface area (Å²) in [7, 11) is 1.91. The highest BCUT2D eigenvalue weighted by Gasteiger charge is 2.33. The zero-order valence-corrected chi connectivity index (χ0v) is 7.49. The summed E-state index contributed by atoms with van der Waals surface area (Å²) < 4.78 is 0. The molecule has 66 valence electrons. The molecule has 2 heteroatoms. The predicted molar refractivity (Wildman–Crippen MR) is 47.6 cm³/mol. The van der Waals surface area contributed by atoms with Crippen LogP contribution < -0.4 is 0 Å². The Balaban J connectivity index is 2.16. The molecule has 1 aliphatic heterocycles. The maximum absolute atomic E-state index is 11.7. The number of piperidine rings is 1. The van der Waals surface area contributed by atoms with Crippen LogP contribution in [-0.2, 0) is 4.79 Å². The Morgan fingerprint density at radius 1 is 1.50 bits per heavy atom. The maximum atomic E-state index is 11.7. The van der Waals surface area contributed by atoms with Gasteiger partial charge in [0.15, 0.2) is 0 Å². The fraction of sp³-hybridized carbons (Fsp3) is 0.700. The van der Waals surface area contributed by atoms with Crippen molar-refractivity contribution in [2.75, 3.05) is 13.6 Å². The Hall–Kier alpha value is -0.790. The monoisotopic (exact) mass is 165 g/mol. The van der Waals surface area contributed by atoms with Gasteiger partial charge >= 0.3 is 0 Å². The van der Waals surface area contributed by atoms with E-state index in [1.54, 1.807) is 0 Å². The Labute approximate surface area is 73.2 Å². The van der Waals surface area contributed by atoms with E-state index in [1.807, 2.05) is 11.9 Å². The van der Waals surface area contributed by atoms with Gasteiger partial charge in [0.25, 0.3) is 0 Å². The third-order valence-electron chi connectivity index (χ3n) is 3.04. The second-order valence-electron chi connectivity index (χ2n) is 3.82. The van der Waals surface area contributed by atoms with Crippen molar-refractivity contribution in [1.29, 1.82) is 0 Å². The topological polar surface area (TPSA) is 20.3 Å². The smallest absolute Gasteiger partial charge is 0.226 e. The lowest BCUT2D eigenvalue weighted by atomic mass is 9.79. The van der Waals surface area contributed by atoms with Crippen molar-refractivity contribution in [3.63, 3.8) is 0 Å². The molecule has 0 N–H and O–H groups in total. The molecule has 0 spiro atoms. The first kappa shape index (κ1) is 7.84. The van der Waals surface area contributed by atoms with Gasteiger partial charge in [-0.2, -0.15) is 0 Å². The van der Waals surface area contributed by atoms with Crippen molar-refractivity contribution in [1.82, 2.24) is 4.90 Å². The summed E-state index contributed by atoms with van der Waals surface area (Å²) in [5.41, 5.74) is 0. The SMILES string of the molecule is CN1CC[C@@H]2C=CCC[C@@H]2C1=O. The number of amides is 1. The lowest BCUT2D eigenvalue weighted by molar-refractivity contribution is -0.139. The Kier molecular flexibility index (Phi) is 1.91. The number of hydrogen-bond donors (Lipinski definition) is 0. The van der Waals surface area contributed by atoms with Crippen LogP contribution in [-0.4, -0.2) is 24.4 Å². The molecule has 2 nitrogen and oxygen atoms in total. The third kappa shape index (κ3) is 1.15. The standard InChI is InChI=1S/C10H15NO/c1-11-7-6-8-4-2-3-5-9(8)10(11)12/h2,4,8-9H,3,5-7H2,1H3/t8-,9-/m0/s1. The average molecular weight is 165 g/mol. The highest BCUT2D eigenvalue weighted by Crippen LogP contribution is 2.32. The summed E-state index contributed by atoms with van der Waals surface area (Å²) in [6.45, 7) is 0.935. The number of rotatable bonds is 0. The number of likely N-dealkylation sites (tertiary alicyclic amines) is 1. The quantitative estimate of drug-likeness (QED) is 0.497. The van der Waals surface area contributed by atoms with Crippen molar-refractivity contribution in [3.8, 4) is 0 Å². The molecule has 2 atom stereocenters. The van der Waals surface area contributed by atoms with E-state index >= 15 is 0 Å². The largest absolute Gasteiger partial charge is 0.345 e. The van der Waals surface area contributed by atoms with Gasteiger partial charge in [0.2, 0.25) is 5.91 Å². The molecule has 0 radical (unpaired) electrons. The second-order valence-corrected chi connectivity index (χ2v) is 3.82. The van der Waals surface area contributed by atoms with Gasteiger partial charge in [-0.3, -0.25) is 4.79 Å². The zero-order chi connectivity index (χ0) is 8.55. The first-order chi connectivity index (χ1) is 5.79. The first-order valence-corrected chi connectivity index (χ1v) is 4.70. The normalized spacial score (nSPS) is 35.1. The second kappa shape index (κ2) is 2.92. The highest BCUT2D eigenvalue weighted by atomic mass is 16.2. The number of allylic oxidation sites excluding steroid dienone is 2. The molecule has 1 amide bonds. The molecular formula is C10H15NO.